The highest BCUT2D eigenvalue weighted by Gasteiger charge is 2.29. The van der Waals surface area contributed by atoms with Crippen molar-refractivity contribution in [3.05, 3.63) is 0 Å². The molecule has 0 bridgehead atoms. The number of hydrogen-bond donors (Lipinski definition) is 1. The summed E-state index contributed by atoms with van der Waals surface area (Å²) in [6.45, 7) is 3.96. The van der Waals surface area contributed by atoms with E-state index in [-0.39, 0.29) is 5.91 Å². The molecule has 1 saturated carbocycles. The number of nitrogens with one attached hydrogen (secondary N) is 1. The van der Waals surface area contributed by atoms with Gasteiger partial charge < -0.3 is 10.2 Å². The Balaban J connectivity index is 1.61. The quantitative estimate of drug-likeness (QED) is 0.765. The largest absolute Gasteiger partial charge is 0.342 e. The molecule has 0 spiro atoms. The van der Waals surface area contributed by atoms with Crippen LogP contribution in [-0.2, 0) is 4.79 Å². The molecule has 2 aliphatic rings. The van der Waals surface area contributed by atoms with Crippen molar-refractivity contribution < 1.29 is 4.79 Å². The summed E-state index contributed by atoms with van der Waals surface area (Å²) in [5.74, 6) is 1.13. The second kappa shape index (κ2) is 6.53. The molecule has 2 rings (SSSR count). The maximum absolute atomic E-state index is 12.0. The summed E-state index contributed by atoms with van der Waals surface area (Å²) in [5, 5.41) is 3.39. The van der Waals surface area contributed by atoms with E-state index in [0.29, 0.717) is 12.6 Å². The first-order valence-electron chi connectivity index (χ1n) is 7.31. The molecular weight excluding hydrogens is 226 g/mol. The fourth-order valence-electron chi connectivity index (χ4n) is 2.66. The molecule has 1 aliphatic carbocycles. The molecule has 4 nitrogen and oxygen atoms in total. The van der Waals surface area contributed by atoms with Gasteiger partial charge >= 0.3 is 0 Å². The van der Waals surface area contributed by atoms with E-state index in [1.807, 2.05) is 11.9 Å². The molecule has 1 saturated heterocycles. The zero-order valence-electron chi connectivity index (χ0n) is 11.8. The van der Waals surface area contributed by atoms with E-state index >= 15 is 0 Å². The highest BCUT2D eigenvalue weighted by molar-refractivity contribution is 5.78. The van der Waals surface area contributed by atoms with Crippen LogP contribution in [0.4, 0.5) is 0 Å². The number of nitrogens with zero attached hydrogens (tertiary/aromatic N) is 2. The smallest absolute Gasteiger partial charge is 0.236 e. The number of likely N-dealkylation sites (N-methyl/N-ethyl adjacent to an activating group) is 2. The SMILES string of the molecule is CN(CCC1CCNCC1)CC(=O)N(C)C1CC1. The highest BCUT2D eigenvalue weighted by Crippen LogP contribution is 2.25. The monoisotopic (exact) mass is 253 g/mol. The van der Waals surface area contributed by atoms with Crippen LogP contribution in [-0.4, -0.2) is 62.0 Å². The van der Waals surface area contributed by atoms with Gasteiger partial charge in [-0.3, -0.25) is 9.69 Å². The van der Waals surface area contributed by atoms with Gasteiger partial charge in [-0.15, -0.1) is 0 Å². The Labute approximate surface area is 111 Å². The van der Waals surface area contributed by atoms with E-state index < -0.39 is 0 Å². The van der Waals surface area contributed by atoms with Crippen LogP contribution < -0.4 is 5.32 Å². The van der Waals surface area contributed by atoms with Gasteiger partial charge in [0.1, 0.15) is 0 Å². The van der Waals surface area contributed by atoms with Gasteiger partial charge in [0.15, 0.2) is 0 Å². The van der Waals surface area contributed by atoms with Crippen molar-refractivity contribution in [1.82, 2.24) is 15.1 Å². The van der Waals surface area contributed by atoms with Crippen LogP contribution in [0.25, 0.3) is 0 Å². The Kier molecular flexibility index (Phi) is 5.01. The van der Waals surface area contributed by atoms with Crippen LogP contribution >= 0.6 is 0 Å². The third kappa shape index (κ3) is 4.25. The Bertz CT molecular complexity index is 272. The number of carbonyl (C=O) groups excluding carboxylic acids is 1. The fraction of sp³-hybridized carbons (Fsp3) is 0.929. The predicted molar refractivity (Wildman–Crippen MR) is 73.5 cm³/mol. The lowest BCUT2D eigenvalue weighted by atomic mass is 9.94. The lowest BCUT2D eigenvalue weighted by Crippen LogP contribution is -2.38. The lowest BCUT2D eigenvalue weighted by Gasteiger charge is -2.26. The number of carbonyl (C=O) groups is 1. The first-order chi connectivity index (χ1) is 8.66. The van der Waals surface area contributed by atoms with E-state index in [4.69, 9.17) is 0 Å². The van der Waals surface area contributed by atoms with Crippen LogP contribution in [0.5, 0.6) is 0 Å². The first-order valence-corrected chi connectivity index (χ1v) is 7.31. The lowest BCUT2D eigenvalue weighted by molar-refractivity contribution is -0.131. The summed E-state index contributed by atoms with van der Waals surface area (Å²) < 4.78 is 0. The van der Waals surface area contributed by atoms with Gasteiger partial charge in [-0.2, -0.15) is 0 Å². The van der Waals surface area contributed by atoms with E-state index in [1.54, 1.807) is 0 Å². The molecule has 0 atom stereocenters. The topological polar surface area (TPSA) is 35.6 Å². The summed E-state index contributed by atoms with van der Waals surface area (Å²) in [5.41, 5.74) is 0. The zero-order valence-corrected chi connectivity index (χ0v) is 11.8. The highest BCUT2D eigenvalue weighted by atomic mass is 16.2. The molecule has 1 N–H and O–H groups in total. The zero-order chi connectivity index (χ0) is 13.0. The minimum absolute atomic E-state index is 0.283. The van der Waals surface area contributed by atoms with Crippen LogP contribution in [0.3, 0.4) is 0 Å². The van der Waals surface area contributed by atoms with Crippen LogP contribution in [0.1, 0.15) is 32.1 Å². The van der Waals surface area contributed by atoms with E-state index in [0.717, 1.165) is 25.6 Å². The predicted octanol–water partition coefficient (Wildman–Crippen LogP) is 0.929. The van der Waals surface area contributed by atoms with Gasteiger partial charge in [0.2, 0.25) is 5.91 Å². The second-order valence-corrected chi connectivity index (χ2v) is 5.96. The van der Waals surface area contributed by atoms with Gasteiger partial charge in [0, 0.05) is 13.1 Å². The van der Waals surface area contributed by atoms with Crippen molar-refractivity contribution in [2.75, 3.05) is 40.3 Å². The molecule has 4 heteroatoms. The number of amides is 1. The summed E-state index contributed by atoms with van der Waals surface area (Å²) in [6.07, 6.45) is 6.22. The summed E-state index contributed by atoms with van der Waals surface area (Å²) in [7, 11) is 4.01. The average molecular weight is 253 g/mol. The van der Waals surface area contributed by atoms with Gasteiger partial charge in [-0.05, 0) is 64.7 Å². The molecule has 1 aliphatic heterocycles. The molecular formula is C14H27N3O. The molecule has 18 heavy (non-hydrogen) atoms. The Morgan fingerprint density at radius 3 is 2.44 bits per heavy atom. The third-order valence-corrected chi connectivity index (χ3v) is 4.27. The number of hydrogen-bond acceptors (Lipinski definition) is 3. The summed E-state index contributed by atoms with van der Waals surface area (Å²) in [6, 6.07) is 0.537. The molecule has 0 aromatic heterocycles. The first kappa shape index (κ1) is 13.8. The van der Waals surface area contributed by atoms with Gasteiger partial charge in [-0.25, -0.2) is 0 Å². The number of piperidine rings is 1. The minimum Gasteiger partial charge on any atom is -0.342 e. The third-order valence-electron chi connectivity index (χ3n) is 4.27. The molecule has 0 radical (unpaired) electrons. The normalized spacial score (nSPS) is 21.3. The van der Waals surface area contributed by atoms with Gasteiger partial charge in [-0.1, -0.05) is 0 Å². The number of rotatable bonds is 6. The van der Waals surface area contributed by atoms with Crippen LogP contribution in [0.15, 0.2) is 0 Å². The van der Waals surface area contributed by atoms with Gasteiger partial charge in [0.25, 0.3) is 0 Å². The van der Waals surface area contributed by atoms with Crippen molar-refractivity contribution in [3.63, 3.8) is 0 Å². The summed E-state index contributed by atoms with van der Waals surface area (Å²) in [4.78, 5) is 16.1. The van der Waals surface area contributed by atoms with E-state index in [1.165, 1.54) is 32.1 Å². The maximum Gasteiger partial charge on any atom is 0.236 e. The Morgan fingerprint density at radius 1 is 1.17 bits per heavy atom. The summed E-state index contributed by atoms with van der Waals surface area (Å²) >= 11 is 0. The molecule has 0 aromatic carbocycles. The van der Waals surface area contributed by atoms with E-state index in [2.05, 4.69) is 17.3 Å². The maximum atomic E-state index is 12.0. The standard InChI is InChI=1S/C14H27N3O/c1-16(10-7-12-5-8-15-9-6-12)11-14(18)17(2)13-3-4-13/h12-13,15H,3-11H2,1-2H3. The fourth-order valence-corrected chi connectivity index (χ4v) is 2.66. The molecule has 2 fully saturated rings. The Hall–Kier alpha value is -0.610. The van der Waals surface area contributed by atoms with Crippen molar-refractivity contribution >= 4 is 5.91 Å². The molecule has 0 unspecified atom stereocenters. The van der Waals surface area contributed by atoms with Crippen molar-refractivity contribution in [3.8, 4) is 0 Å². The molecule has 1 amide bonds. The molecule has 104 valence electrons. The Morgan fingerprint density at radius 2 is 1.83 bits per heavy atom. The molecule has 1 heterocycles. The minimum atomic E-state index is 0.283. The van der Waals surface area contributed by atoms with Crippen molar-refractivity contribution in [1.29, 1.82) is 0 Å². The molecule has 0 aromatic rings. The van der Waals surface area contributed by atoms with Crippen LogP contribution in [0.2, 0.25) is 0 Å². The average Bonchev–Trinajstić information content (AvgIpc) is 3.21. The van der Waals surface area contributed by atoms with Gasteiger partial charge in [0.05, 0.1) is 6.54 Å². The van der Waals surface area contributed by atoms with Crippen molar-refractivity contribution in [2.45, 2.75) is 38.1 Å². The van der Waals surface area contributed by atoms with E-state index in [9.17, 15) is 4.79 Å². The van der Waals surface area contributed by atoms with Crippen LogP contribution in [0, 0.1) is 5.92 Å². The van der Waals surface area contributed by atoms with Crippen molar-refractivity contribution in [2.24, 2.45) is 5.92 Å². The second-order valence-electron chi connectivity index (χ2n) is 5.96.